The molecule has 1 N–H and O–H groups in total. The van der Waals surface area contributed by atoms with Crippen LogP contribution in [0.3, 0.4) is 0 Å². The highest BCUT2D eigenvalue weighted by Gasteiger charge is 2.11. The molecule has 0 saturated carbocycles. The van der Waals surface area contributed by atoms with E-state index in [1.165, 1.54) is 0 Å². The number of rotatable bonds is 5. The van der Waals surface area contributed by atoms with E-state index in [4.69, 9.17) is 23.2 Å². The summed E-state index contributed by atoms with van der Waals surface area (Å²) >= 11 is 11.9. The number of halogens is 2. The molecule has 0 fully saturated rings. The SMILES string of the molecule is CCNc1nnc(Cc2ccc(Cl)c(Cl)c2)n1CC. The van der Waals surface area contributed by atoms with Crippen molar-refractivity contribution in [3.05, 3.63) is 39.6 Å². The quantitative estimate of drug-likeness (QED) is 0.916. The molecule has 1 aromatic carbocycles. The van der Waals surface area contributed by atoms with Gasteiger partial charge in [-0.25, -0.2) is 0 Å². The summed E-state index contributed by atoms with van der Waals surface area (Å²) in [7, 11) is 0. The van der Waals surface area contributed by atoms with Gasteiger partial charge in [-0.15, -0.1) is 10.2 Å². The minimum Gasteiger partial charge on any atom is -0.355 e. The molecule has 0 atom stereocenters. The van der Waals surface area contributed by atoms with E-state index in [-0.39, 0.29) is 0 Å². The van der Waals surface area contributed by atoms with Crippen molar-refractivity contribution < 1.29 is 0 Å². The van der Waals surface area contributed by atoms with E-state index in [9.17, 15) is 0 Å². The highest BCUT2D eigenvalue weighted by atomic mass is 35.5. The summed E-state index contributed by atoms with van der Waals surface area (Å²) < 4.78 is 2.06. The van der Waals surface area contributed by atoms with Crippen LogP contribution in [0.15, 0.2) is 18.2 Å². The Morgan fingerprint density at radius 3 is 2.58 bits per heavy atom. The number of hydrogen-bond donors (Lipinski definition) is 1. The molecule has 0 spiro atoms. The van der Waals surface area contributed by atoms with Crippen molar-refractivity contribution in [2.24, 2.45) is 0 Å². The second-order valence-corrected chi connectivity index (χ2v) is 4.95. The van der Waals surface area contributed by atoms with Gasteiger partial charge in [0, 0.05) is 19.5 Å². The monoisotopic (exact) mass is 298 g/mol. The summed E-state index contributed by atoms with van der Waals surface area (Å²) in [6.45, 7) is 5.76. The molecular weight excluding hydrogens is 283 g/mol. The standard InChI is InChI=1S/C13H16Cl2N4/c1-3-16-13-18-17-12(19(13)4-2)8-9-5-6-10(14)11(15)7-9/h5-7H,3-4,8H2,1-2H3,(H,16,18). The van der Waals surface area contributed by atoms with Crippen molar-refractivity contribution in [3.63, 3.8) is 0 Å². The molecule has 2 aromatic rings. The first kappa shape index (κ1) is 14.2. The van der Waals surface area contributed by atoms with Crippen molar-refractivity contribution >= 4 is 29.2 Å². The van der Waals surface area contributed by atoms with E-state index in [1.807, 2.05) is 19.1 Å². The summed E-state index contributed by atoms with van der Waals surface area (Å²) in [5.74, 6) is 1.72. The van der Waals surface area contributed by atoms with E-state index in [0.29, 0.717) is 16.5 Å². The molecule has 6 heteroatoms. The fourth-order valence-electron chi connectivity index (χ4n) is 1.92. The third-order valence-corrected chi connectivity index (χ3v) is 3.56. The van der Waals surface area contributed by atoms with Crippen LogP contribution in [0.25, 0.3) is 0 Å². The Labute approximate surface area is 122 Å². The highest BCUT2D eigenvalue weighted by molar-refractivity contribution is 6.42. The maximum Gasteiger partial charge on any atom is 0.224 e. The summed E-state index contributed by atoms with van der Waals surface area (Å²) in [5, 5.41) is 12.7. The topological polar surface area (TPSA) is 42.7 Å². The lowest BCUT2D eigenvalue weighted by atomic mass is 10.1. The molecule has 0 aliphatic heterocycles. The van der Waals surface area contributed by atoms with Gasteiger partial charge in [-0.2, -0.15) is 0 Å². The smallest absolute Gasteiger partial charge is 0.224 e. The molecular formula is C13H16Cl2N4. The van der Waals surface area contributed by atoms with Gasteiger partial charge >= 0.3 is 0 Å². The molecule has 2 rings (SSSR count). The van der Waals surface area contributed by atoms with Crippen LogP contribution in [-0.2, 0) is 13.0 Å². The molecule has 0 amide bonds. The molecule has 1 heterocycles. The maximum absolute atomic E-state index is 6.02. The molecule has 1 aromatic heterocycles. The second-order valence-electron chi connectivity index (χ2n) is 4.14. The summed E-state index contributed by atoms with van der Waals surface area (Å²) in [4.78, 5) is 0. The van der Waals surface area contributed by atoms with Gasteiger partial charge in [0.15, 0.2) is 0 Å². The molecule has 0 aliphatic carbocycles. The van der Waals surface area contributed by atoms with Gasteiger partial charge in [0.05, 0.1) is 10.0 Å². The van der Waals surface area contributed by atoms with Crippen molar-refractivity contribution in [3.8, 4) is 0 Å². The van der Waals surface area contributed by atoms with Gasteiger partial charge in [0.25, 0.3) is 0 Å². The first-order valence-corrected chi connectivity index (χ1v) is 7.01. The fraction of sp³-hybridized carbons (Fsp3) is 0.385. The summed E-state index contributed by atoms with van der Waals surface area (Å²) in [5.41, 5.74) is 1.07. The van der Waals surface area contributed by atoms with E-state index in [1.54, 1.807) is 6.07 Å². The second kappa shape index (κ2) is 6.26. The third-order valence-electron chi connectivity index (χ3n) is 2.82. The predicted molar refractivity (Wildman–Crippen MR) is 79.1 cm³/mol. The Balaban J connectivity index is 2.25. The molecule has 4 nitrogen and oxygen atoms in total. The van der Waals surface area contributed by atoms with Crippen LogP contribution < -0.4 is 5.32 Å². The maximum atomic E-state index is 6.02. The van der Waals surface area contributed by atoms with Crippen LogP contribution in [0.2, 0.25) is 10.0 Å². The van der Waals surface area contributed by atoms with Crippen LogP contribution in [0, 0.1) is 0 Å². The number of aromatic nitrogens is 3. The van der Waals surface area contributed by atoms with Crippen molar-refractivity contribution in [1.82, 2.24) is 14.8 Å². The van der Waals surface area contributed by atoms with Crippen LogP contribution in [0.4, 0.5) is 5.95 Å². The van der Waals surface area contributed by atoms with Crippen molar-refractivity contribution in [2.75, 3.05) is 11.9 Å². The Hall–Kier alpha value is -1.26. The zero-order chi connectivity index (χ0) is 13.8. The van der Waals surface area contributed by atoms with E-state index < -0.39 is 0 Å². The minimum absolute atomic E-state index is 0.564. The molecule has 19 heavy (non-hydrogen) atoms. The van der Waals surface area contributed by atoms with Gasteiger partial charge in [0.2, 0.25) is 5.95 Å². The number of hydrogen-bond acceptors (Lipinski definition) is 3. The van der Waals surface area contributed by atoms with E-state index >= 15 is 0 Å². The van der Waals surface area contributed by atoms with Gasteiger partial charge in [0.1, 0.15) is 5.82 Å². The Morgan fingerprint density at radius 1 is 1.16 bits per heavy atom. The van der Waals surface area contributed by atoms with Gasteiger partial charge < -0.3 is 5.32 Å². The zero-order valence-corrected chi connectivity index (χ0v) is 12.5. The first-order valence-electron chi connectivity index (χ1n) is 6.25. The first-order chi connectivity index (χ1) is 9.15. The van der Waals surface area contributed by atoms with Gasteiger partial charge in [-0.3, -0.25) is 4.57 Å². The Morgan fingerprint density at radius 2 is 1.95 bits per heavy atom. The Bertz CT molecular complexity index is 566. The van der Waals surface area contributed by atoms with Crippen LogP contribution in [-0.4, -0.2) is 21.3 Å². The fourth-order valence-corrected chi connectivity index (χ4v) is 2.24. The molecule has 0 aliphatic rings. The van der Waals surface area contributed by atoms with Crippen LogP contribution >= 0.6 is 23.2 Å². The lowest BCUT2D eigenvalue weighted by molar-refractivity contribution is 0.716. The number of nitrogens with zero attached hydrogens (tertiary/aromatic N) is 3. The summed E-state index contributed by atoms with van der Waals surface area (Å²) in [6.07, 6.45) is 0.684. The number of nitrogens with one attached hydrogen (secondary N) is 1. The normalized spacial score (nSPS) is 10.7. The number of benzene rings is 1. The lowest BCUT2D eigenvalue weighted by Gasteiger charge is -2.08. The predicted octanol–water partition coefficient (Wildman–Crippen LogP) is 3.63. The zero-order valence-electron chi connectivity index (χ0n) is 11.0. The average molecular weight is 299 g/mol. The lowest BCUT2D eigenvalue weighted by Crippen LogP contribution is -2.08. The van der Waals surface area contributed by atoms with Gasteiger partial charge in [-0.05, 0) is 31.5 Å². The summed E-state index contributed by atoms with van der Waals surface area (Å²) in [6, 6.07) is 5.62. The Kier molecular flexibility index (Phi) is 4.66. The molecule has 0 radical (unpaired) electrons. The largest absolute Gasteiger partial charge is 0.355 e. The molecule has 0 saturated heterocycles. The van der Waals surface area contributed by atoms with Crippen LogP contribution in [0.5, 0.6) is 0 Å². The van der Waals surface area contributed by atoms with Crippen molar-refractivity contribution in [1.29, 1.82) is 0 Å². The van der Waals surface area contributed by atoms with Crippen molar-refractivity contribution in [2.45, 2.75) is 26.8 Å². The molecule has 102 valence electrons. The van der Waals surface area contributed by atoms with E-state index in [0.717, 1.165) is 30.4 Å². The molecule has 0 unspecified atom stereocenters. The minimum atomic E-state index is 0.564. The average Bonchev–Trinajstić information content (AvgIpc) is 2.76. The van der Waals surface area contributed by atoms with Crippen LogP contribution in [0.1, 0.15) is 25.2 Å². The molecule has 0 bridgehead atoms. The third kappa shape index (κ3) is 3.19. The van der Waals surface area contributed by atoms with Gasteiger partial charge in [-0.1, -0.05) is 29.3 Å². The highest BCUT2D eigenvalue weighted by Crippen LogP contribution is 2.24. The van der Waals surface area contributed by atoms with E-state index in [2.05, 4.69) is 27.0 Å². The number of anilines is 1.